The van der Waals surface area contributed by atoms with Crippen LogP contribution in [-0.4, -0.2) is 20.9 Å². The Morgan fingerprint density at radius 3 is 2.44 bits per heavy atom. The quantitative estimate of drug-likeness (QED) is 0.335. The van der Waals surface area contributed by atoms with Crippen LogP contribution in [0.3, 0.4) is 0 Å². The van der Waals surface area contributed by atoms with Crippen molar-refractivity contribution in [3.05, 3.63) is 109 Å². The topological polar surface area (TPSA) is 90.1 Å². The summed E-state index contributed by atoms with van der Waals surface area (Å²) in [6, 6.07) is 24.3. The minimum Gasteiger partial charge on any atom is -0.436 e. The number of ether oxygens (including phenoxy) is 1. The van der Waals surface area contributed by atoms with Gasteiger partial charge in [-0.1, -0.05) is 42.5 Å². The SMILES string of the molecule is Cc1cc(Oc2ncccn2)ccc1NC(=O)c1ccccc1-c1ncc(-c2ccccc2)o1. The van der Waals surface area contributed by atoms with E-state index in [0.717, 1.165) is 11.1 Å². The lowest BCUT2D eigenvalue weighted by Crippen LogP contribution is -2.14. The molecule has 0 saturated carbocycles. The van der Waals surface area contributed by atoms with Crippen LogP contribution in [0.25, 0.3) is 22.8 Å². The average molecular weight is 448 g/mol. The first kappa shape index (κ1) is 21.1. The molecule has 5 rings (SSSR count). The van der Waals surface area contributed by atoms with Crippen molar-refractivity contribution in [3.8, 4) is 34.5 Å². The second-order valence-electron chi connectivity index (χ2n) is 7.51. The van der Waals surface area contributed by atoms with Crippen molar-refractivity contribution in [1.29, 1.82) is 0 Å². The van der Waals surface area contributed by atoms with E-state index in [9.17, 15) is 4.79 Å². The van der Waals surface area contributed by atoms with Crippen LogP contribution in [0.4, 0.5) is 5.69 Å². The summed E-state index contributed by atoms with van der Waals surface area (Å²) in [6.07, 6.45) is 4.88. The standard InChI is InChI=1S/C27H20N4O3/c1-18-16-20(33-27-28-14-7-15-29-27)12-13-23(18)31-25(32)21-10-5-6-11-22(21)26-30-17-24(34-26)19-8-3-2-4-9-19/h2-17H,1H3,(H,31,32). The summed E-state index contributed by atoms with van der Waals surface area (Å²) >= 11 is 0. The molecule has 1 amide bonds. The number of hydrogen-bond donors (Lipinski definition) is 1. The zero-order valence-electron chi connectivity index (χ0n) is 18.3. The number of aryl methyl sites for hydroxylation is 1. The van der Waals surface area contributed by atoms with Crippen molar-refractivity contribution in [2.45, 2.75) is 6.92 Å². The third-order valence-corrected chi connectivity index (χ3v) is 5.16. The largest absolute Gasteiger partial charge is 0.436 e. The molecule has 1 N–H and O–H groups in total. The summed E-state index contributed by atoms with van der Waals surface area (Å²) in [5, 5.41) is 2.97. The van der Waals surface area contributed by atoms with Gasteiger partial charge in [0.2, 0.25) is 5.89 Å². The Labute approximate surface area is 196 Å². The van der Waals surface area contributed by atoms with E-state index >= 15 is 0 Å². The molecule has 5 aromatic rings. The van der Waals surface area contributed by atoms with Crippen LogP contribution in [0.15, 0.2) is 102 Å². The van der Waals surface area contributed by atoms with Crippen molar-refractivity contribution >= 4 is 11.6 Å². The Kier molecular flexibility index (Phi) is 5.82. The molecule has 2 heterocycles. The van der Waals surface area contributed by atoms with Crippen molar-refractivity contribution in [1.82, 2.24) is 15.0 Å². The predicted molar refractivity (Wildman–Crippen MR) is 129 cm³/mol. The van der Waals surface area contributed by atoms with Gasteiger partial charge >= 0.3 is 6.01 Å². The molecule has 0 radical (unpaired) electrons. The van der Waals surface area contributed by atoms with Gasteiger partial charge in [0.05, 0.1) is 11.8 Å². The van der Waals surface area contributed by atoms with Crippen molar-refractivity contribution in [3.63, 3.8) is 0 Å². The molecular weight excluding hydrogens is 428 g/mol. The van der Waals surface area contributed by atoms with Crippen LogP contribution < -0.4 is 10.1 Å². The molecule has 0 atom stereocenters. The van der Waals surface area contributed by atoms with E-state index in [2.05, 4.69) is 20.3 Å². The van der Waals surface area contributed by atoms with Gasteiger partial charge in [-0.15, -0.1) is 0 Å². The first-order valence-electron chi connectivity index (χ1n) is 10.6. The number of amides is 1. The maximum absolute atomic E-state index is 13.2. The highest BCUT2D eigenvalue weighted by Gasteiger charge is 2.18. The Morgan fingerprint density at radius 1 is 0.882 bits per heavy atom. The van der Waals surface area contributed by atoms with Gasteiger partial charge in [-0.2, -0.15) is 0 Å². The molecule has 2 aromatic heterocycles. The second-order valence-corrected chi connectivity index (χ2v) is 7.51. The molecule has 7 nitrogen and oxygen atoms in total. The molecule has 34 heavy (non-hydrogen) atoms. The van der Waals surface area contributed by atoms with E-state index in [1.807, 2.05) is 61.5 Å². The van der Waals surface area contributed by atoms with E-state index in [1.54, 1.807) is 42.9 Å². The summed E-state index contributed by atoms with van der Waals surface area (Å²) in [5.74, 6) is 1.33. The highest BCUT2D eigenvalue weighted by molar-refractivity contribution is 6.08. The monoisotopic (exact) mass is 448 g/mol. The molecule has 0 aliphatic heterocycles. The molecule has 0 fully saturated rings. The molecule has 166 valence electrons. The molecule has 0 bridgehead atoms. The Hall–Kier alpha value is -4.78. The molecule has 7 heteroatoms. The highest BCUT2D eigenvalue weighted by Crippen LogP contribution is 2.29. The number of rotatable bonds is 6. The second kappa shape index (κ2) is 9.38. The van der Waals surface area contributed by atoms with Gasteiger partial charge in [0.25, 0.3) is 5.91 Å². The van der Waals surface area contributed by atoms with E-state index < -0.39 is 0 Å². The van der Waals surface area contributed by atoms with Crippen LogP contribution in [0.2, 0.25) is 0 Å². The fraction of sp³-hybridized carbons (Fsp3) is 0.0370. The number of nitrogens with one attached hydrogen (secondary N) is 1. The average Bonchev–Trinajstić information content (AvgIpc) is 3.37. The Balaban J connectivity index is 1.37. The van der Waals surface area contributed by atoms with Crippen molar-refractivity contribution in [2.75, 3.05) is 5.32 Å². The normalized spacial score (nSPS) is 10.6. The smallest absolute Gasteiger partial charge is 0.321 e. The first-order chi connectivity index (χ1) is 16.7. The molecule has 3 aromatic carbocycles. The fourth-order valence-electron chi connectivity index (χ4n) is 3.48. The summed E-state index contributed by atoms with van der Waals surface area (Å²) in [4.78, 5) is 25.7. The molecule has 0 aliphatic rings. The van der Waals surface area contributed by atoms with E-state index in [1.165, 1.54) is 0 Å². The summed E-state index contributed by atoms with van der Waals surface area (Å²) in [7, 11) is 0. The zero-order chi connectivity index (χ0) is 23.3. The van der Waals surface area contributed by atoms with Crippen LogP contribution in [0.1, 0.15) is 15.9 Å². The van der Waals surface area contributed by atoms with Gasteiger partial charge in [-0.25, -0.2) is 15.0 Å². The summed E-state index contributed by atoms with van der Waals surface area (Å²) in [6.45, 7) is 1.89. The number of anilines is 1. The van der Waals surface area contributed by atoms with Gasteiger partial charge in [-0.3, -0.25) is 4.79 Å². The molecule has 0 aliphatic carbocycles. The number of oxazole rings is 1. The molecule has 0 spiro atoms. The number of hydrogen-bond acceptors (Lipinski definition) is 6. The summed E-state index contributed by atoms with van der Waals surface area (Å²) < 4.78 is 11.6. The Bertz CT molecular complexity index is 1430. The zero-order valence-corrected chi connectivity index (χ0v) is 18.3. The van der Waals surface area contributed by atoms with Gasteiger partial charge in [0, 0.05) is 29.2 Å². The van der Waals surface area contributed by atoms with Gasteiger partial charge < -0.3 is 14.5 Å². The number of carbonyl (C=O) groups is 1. The van der Waals surface area contributed by atoms with Crippen LogP contribution in [0, 0.1) is 6.92 Å². The van der Waals surface area contributed by atoms with Gasteiger partial charge in [0.1, 0.15) is 5.75 Å². The molecular formula is C27H20N4O3. The van der Waals surface area contributed by atoms with Crippen LogP contribution in [0.5, 0.6) is 11.8 Å². The Morgan fingerprint density at radius 2 is 1.65 bits per heavy atom. The third-order valence-electron chi connectivity index (χ3n) is 5.16. The minimum atomic E-state index is -0.266. The maximum atomic E-state index is 13.2. The van der Waals surface area contributed by atoms with E-state index in [4.69, 9.17) is 9.15 Å². The number of benzene rings is 3. The van der Waals surface area contributed by atoms with Gasteiger partial charge in [-0.05, 0) is 48.9 Å². The number of carbonyl (C=O) groups excluding carboxylic acids is 1. The highest BCUT2D eigenvalue weighted by atomic mass is 16.5. The lowest BCUT2D eigenvalue weighted by Gasteiger charge is -2.12. The maximum Gasteiger partial charge on any atom is 0.321 e. The third kappa shape index (κ3) is 4.54. The molecule has 0 saturated heterocycles. The van der Waals surface area contributed by atoms with Crippen molar-refractivity contribution < 1.29 is 13.9 Å². The van der Waals surface area contributed by atoms with E-state index in [-0.39, 0.29) is 11.9 Å². The molecule has 0 unspecified atom stereocenters. The number of nitrogens with zero attached hydrogens (tertiary/aromatic N) is 3. The lowest BCUT2D eigenvalue weighted by molar-refractivity contribution is 0.102. The van der Waals surface area contributed by atoms with Gasteiger partial charge in [0.15, 0.2) is 5.76 Å². The van der Waals surface area contributed by atoms with Crippen molar-refractivity contribution in [2.24, 2.45) is 0 Å². The number of aromatic nitrogens is 3. The van der Waals surface area contributed by atoms with Crippen LogP contribution in [-0.2, 0) is 0 Å². The fourth-order valence-corrected chi connectivity index (χ4v) is 3.48. The lowest BCUT2D eigenvalue weighted by atomic mass is 10.1. The predicted octanol–water partition coefficient (Wildman–Crippen LogP) is 6.15. The van der Waals surface area contributed by atoms with Crippen LogP contribution >= 0.6 is 0 Å². The first-order valence-corrected chi connectivity index (χ1v) is 10.6. The minimum absolute atomic E-state index is 0.258. The summed E-state index contributed by atoms with van der Waals surface area (Å²) in [5.41, 5.74) is 3.49. The van der Waals surface area contributed by atoms with E-state index in [0.29, 0.717) is 34.2 Å².